The van der Waals surface area contributed by atoms with Gasteiger partial charge in [0.2, 0.25) is 0 Å². The van der Waals surface area contributed by atoms with Crippen LogP contribution in [0, 0.1) is 0 Å². The van der Waals surface area contributed by atoms with E-state index in [9.17, 15) is 0 Å². The fourth-order valence-electron chi connectivity index (χ4n) is 0. The van der Waals surface area contributed by atoms with Crippen LogP contribution in [0.2, 0.25) is 0 Å². The van der Waals surface area contributed by atoms with Crippen molar-refractivity contribution in [2.75, 3.05) is 0 Å². The Morgan fingerprint density at radius 2 is 1.33 bits per heavy atom. The van der Waals surface area contributed by atoms with Gasteiger partial charge in [0.05, 0.1) is 0 Å². The molecule has 0 rings (SSSR count). The van der Waals surface area contributed by atoms with E-state index in [2.05, 4.69) is 0 Å². The summed E-state index contributed by atoms with van der Waals surface area (Å²) in [5.74, 6) is 0. The van der Waals surface area contributed by atoms with E-state index in [1.165, 1.54) is 0 Å². The second-order valence-electron chi connectivity index (χ2n) is 0.204. The average molecular weight is 193 g/mol. The summed E-state index contributed by atoms with van der Waals surface area (Å²) in [7, 11) is 0. The van der Waals surface area contributed by atoms with Crippen molar-refractivity contribution in [3.05, 3.63) is 0 Å². The Morgan fingerprint density at radius 1 is 1.33 bits per heavy atom. The molecule has 3 nitrogen and oxygen atoms in total. The minimum atomic E-state index is -3.79. The molecule has 6 heteroatoms. The Kier molecular flexibility index (Phi) is 25.1. The summed E-state index contributed by atoms with van der Waals surface area (Å²) in [4.78, 5) is 0. The van der Waals surface area contributed by atoms with E-state index in [4.69, 9.17) is 12.2 Å². The van der Waals surface area contributed by atoms with Gasteiger partial charge in [0.1, 0.15) is 0 Å². The molecule has 1 radical (unpaired) electrons. The van der Waals surface area contributed by atoms with Gasteiger partial charge in [0.15, 0.2) is 0 Å². The summed E-state index contributed by atoms with van der Waals surface area (Å²) < 4.78 is 25.6. The fraction of sp³-hybridized carbons (Fsp3) is 0. The molecule has 0 aromatic rings. The molecule has 0 saturated carbocycles. The molecule has 0 N–H and O–H groups in total. The molecule has 0 aromatic heterocycles. The molecule has 0 saturated heterocycles. The largest absolute Gasteiger partial charge is 2.00 e. The number of hydrogen-bond acceptors (Lipinski definition) is 3. The third-order valence-electron chi connectivity index (χ3n) is 0. The molecular formula is CoLiO3Se+. The summed E-state index contributed by atoms with van der Waals surface area (Å²) in [6, 6.07) is 0. The average Bonchev–Trinajstić information content (AvgIpc) is 0.811. The Hall–Kier alpha value is 1.34. The molecule has 0 heterocycles. The van der Waals surface area contributed by atoms with Crippen LogP contribution in [0.1, 0.15) is 0 Å². The van der Waals surface area contributed by atoms with Crippen molar-refractivity contribution >= 4 is 14.5 Å². The zero-order valence-corrected chi connectivity index (χ0v) is 5.72. The van der Waals surface area contributed by atoms with Crippen LogP contribution in [-0.4, -0.2) is 14.5 Å². The Morgan fingerprint density at radius 3 is 1.33 bits per heavy atom. The quantitative estimate of drug-likeness (QED) is 0.360. The van der Waals surface area contributed by atoms with Crippen LogP contribution >= 0.6 is 0 Å². The molecule has 0 spiro atoms. The monoisotopic (exact) mass is 194 g/mol. The van der Waals surface area contributed by atoms with E-state index in [1.54, 1.807) is 0 Å². The summed E-state index contributed by atoms with van der Waals surface area (Å²) in [5, 5.41) is 0. The maximum Gasteiger partial charge on any atom is 2.00 e. The first-order valence-corrected chi connectivity index (χ1v) is 2.60. The van der Waals surface area contributed by atoms with Crippen LogP contribution in [0.25, 0.3) is 0 Å². The van der Waals surface area contributed by atoms with E-state index in [0.29, 0.717) is 0 Å². The minimum Gasteiger partial charge on any atom is 1.00 e. The van der Waals surface area contributed by atoms with Gasteiger partial charge < -0.3 is 0 Å². The predicted octanol–water partition coefficient (Wildman–Crippen LogP) is -5.88. The third kappa shape index (κ3) is 55.9. The van der Waals surface area contributed by atoms with Crippen molar-refractivity contribution in [2.45, 2.75) is 0 Å². The smallest absolute Gasteiger partial charge is 1.00 e. The first kappa shape index (κ1) is 15.7. The van der Waals surface area contributed by atoms with Gasteiger partial charge in [0.25, 0.3) is 0 Å². The summed E-state index contributed by atoms with van der Waals surface area (Å²) >= 11 is -3.79. The summed E-state index contributed by atoms with van der Waals surface area (Å²) in [5.41, 5.74) is 0. The zero-order chi connectivity index (χ0) is 3.58. The molecular weight excluding hydrogens is 193 g/mol. The fourth-order valence-corrected chi connectivity index (χ4v) is 0. The van der Waals surface area contributed by atoms with Crippen molar-refractivity contribution in [3.63, 3.8) is 0 Å². The van der Waals surface area contributed by atoms with E-state index >= 15 is 0 Å². The van der Waals surface area contributed by atoms with Crippen LogP contribution in [0.3, 0.4) is 0 Å². The number of hydrogen-bond donors (Lipinski definition) is 0. The van der Waals surface area contributed by atoms with Crippen LogP contribution in [0.5, 0.6) is 0 Å². The summed E-state index contributed by atoms with van der Waals surface area (Å²) in [6.45, 7) is 0. The third-order valence-corrected chi connectivity index (χ3v) is 0. The van der Waals surface area contributed by atoms with Crippen molar-refractivity contribution in [1.82, 2.24) is 0 Å². The zero-order valence-electron chi connectivity index (χ0n) is 2.97. The second-order valence-corrected chi connectivity index (χ2v) is 1.06. The van der Waals surface area contributed by atoms with Gasteiger partial charge in [-0.05, 0) is 0 Å². The van der Waals surface area contributed by atoms with Crippen LogP contribution in [-0.2, 0) is 20.6 Å². The standard InChI is InChI=1S/Co.Li.H2O3Se/c;;1-4(2)3/h;;(H2,1,2,3)/q+2;+1;/p-2. The Labute approximate surface area is 62.2 Å². The van der Waals surface area contributed by atoms with Crippen molar-refractivity contribution < 1.29 is 47.9 Å². The molecule has 33 valence electrons. The maximum absolute atomic E-state index is 8.54. The molecule has 0 bridgehead atoms. The van der Waals surface area contributed by atoms with Gasteiger partial charge in [0, 0.05) is 0 Å². The van der Waals surface area contributed by atoms with Crippen molar-refractivity contribution in [1.29, 1.82) is 0 Å². The molecule has 0 amide bonds. The molecule has 0 unspecified atom stereocenters. The predicted molar refractivity (Wildman–Crippen MR) is 6.44 cm³/mol. The minimum absolute atomic E-state index is 0. The molecule has 0 aliphatic heterocycles. The topological polar surface area (TPSA) is 63.2 Å². The molecule has 0 aliphatic rings. The Balaban J connectivity index is -0.0000000450. The van der Waals surface area contributed by atoms with Gasteiger partial charge in [-0.2, -0.15) is 0 Å². The van der Waals surface area contributed by atoms with Crippen molar-refractivity contribution in [3.8, 4) is 0 Å². The molecule has 0 atom stereocenters. The SMILES string of the molecule is O=[Se]([O-])[O-].[Co+2].[Li+]. The van der Waals surface area contributed by atoms with E-state index in [0.717, 1.165) is 0 Å². The van der Waals surface area contributed by atoms with E-state index < -0.39 is 14.5 Å². The first-order chi connectivity index (χ1) is 1.73. The van der Waals surface area contributed by atoms with Gasteiger partial charge >= 0.3 is 62.3 Å². The van der Waals surface area contributed by atoms with Gasteiger partial charge in [-0.15, -0.1) is 0 Å². The number of rotatable bonds is 0. The van der Waals surface area contributed by atoms with E-state index in [-0.39, 0.29) is 35.6 Å². The van der Waals surface area contributed by atoms with Crippen LogP contribution < -0.4 is 27.2 Å². The molecule has 0 aliphatic carbocycles. The summed E-state index contributed by atoms with van der Waals surface area (Å²) in [6.07, 6.45) is 0. The van der Waals surface area contributed by atoms with Crippen LogP contribution in [0.15, 0.2) is 0 Å². The molecule has 0 fully saturated rings. The van der Waals surface area contributed by atoms with Gasteiger partial charge in [-0.1, -0.05) is 0 Å². The van der Waals surface area contributed by atoms with E-state index in [1.807, 2.05) is 0 Å². The van der Waals surface area contributed by atoms with Crippen molar-refractivity contribution in [2.24, 2.45) is 0 Å². The molecule has 6 heavy (non-hydrogen) atoms. The van der Waals surface area contributed by atoms with Gasteiger partial charge in [-0.3, -0.25) is 0 Å². The second kappa shape index (κ2) is 9.60. The van der Waals surface area contributed by atoms with Crippen LogP contribution in [0.4, 0.5) is 0 Å². The first-order valence-electron chi connectivity index (χ1n) is 0.500. The Bertz CT molecular complexity index is 33.8. The maximum atomic E-state index is 8.54. The normalized spacial score (nSPS) is 5.83. The molecule has 0 aromatic carbocycles. The van der Waals surface area contributed by atoms with Gasteiger partial charge in [-0.25, -0.2) is 0 Å².